The number of ether oxygens (including phenoxy) is 2. The van der Waals surface area contributed by atoms with Crippen molar-refractivity contribution in [1.82, 2.24) is 4.90 Å². The van der Waals surface area contributed by atoms with Crippen LogP contribution in [-0.4, -0.2) is 47.7 Å². The highest BCUT2D eigenvalue weighted by Gasteiger charge is 2.62. The van der Waals surface area contributed by atoms with E-state index in [1.54, 1.807) is 5.57 Å². The Morgan fingerprint density at radius 2 is 1.72 bits per heavy atom. The molecule has 0 unspecified atom stereocenters. The summed E-state index contributed by atoms with van der Waals surface area (Å²) in [4.78, 5) is 28.5. The van der Waals surface area contributed by atoms with Gasteiger partial charge in [0.05, 0.1) is 17.7 Å². The quantitative estimate of drug-likeness (QED) is 0.311. The zero-order valence-corrected chi connectivity index (χ0v) is 28.5. The van der Waals surface area contributed by atoms with Crippen molar-refractivity contribution < 1.29 is 19.1 Å². The number of amides is 1. The molecule has 2 heterocycles. The van der Waals surface area contributed by atoms with E-state index < -0.39 is 0 Å². The van der Waals surface area contributed by atoms with Crippen molar-refractivity contribution >= 4 is 11.9 Å². The number of allylic oxidation sites excluding steroid dienone is 3. The number of fused-ring (bicyclic) bond motifs is 9. The van der Waals surface area contributed by atoms with Crippen molar-refractivity contribution in [3.05, 3.63) is 82.5 Å². The molecule has 246 valence electrons. The van der Waals surface area contributed by atoms with E-state index in [1.807, 2.05) is 6.08 Å². The third-order valence-corrected chi connectivity index (χ3v) is 14.5. The molecule has 2 aliphatic heterocycles. The molecule has 4 fully saturated rings. The summed E-state index contributed by atoms with van der Waals surface area (Å²) < 4.78 is 13.6. The summed E-state index contributed by atoms with van der Waals surface area (Å²) in [6, 6.07) is 17.1. The van der Waals surface area contributed by atoms with E-state index in [2.05, 4.69) is 81.1 Å². The van der Waals surface area contributed by atoms with Gasteiger partial charge in [-0.25, -0.2) is 4.79 Å². The van der Waals surface area contributed by atoms with Crippen LogP contribution in [0.15, 0.2) is 71.3 Å². The van der Waals surface area contributed by atoms with E-state index in [9.17, 15) is 9.59 Å². The van der Waals surface area contributed by atoms with Gasteiger partial charge in [0.15, 0.2) is 5.78 Å². The zero-order valence-electron chi connectivity index (χ0n) is 28.5. The van der Waals surface area contributed by atoms with E-state index in [-0.39, 0.29) is 41.1 Å². The molecular weight excluding hydrogens is 582 g/mol. The second kappa shape index (κ2) is 10.7. The predicted molar refractivity (Wildman–Crippen MR) is 183 cm³/mol. The van der Waals surface area contributed by atoms with Crippen LogP contribution in [0.1, 0.15) is 96.1 Å². The van der Waals surface area contributed by atoms with Crippen molar-refractivity contribution in [1.29, 1.82) is 0 Å². The lowest BCUT2D eigenvalue weighted by molar-refractivity contribution is -0.116. The molecule has 0 radical (unpaired) electrons. The molecule has 5 aliphatic carbocycles. The van der Waals surface area contributed by atoms with Gasteiger partial charge in [-0.15, -0.1) is 0 Å². The smallest absolute Gasteiger partial charge is 0.410 e. The summed E-state index contributed by atoms with van der Waals surface area (Å²) in [6.07, 6.45) is 10.2. The van der Waals surface area contributed by atoms with E-state index in [0.717, 1.165) is 38.6 Å². The van der Waals surface area contributed by atoms with E-state index in [1.165, 1.54) is 46.2 Å². The summed E-state index contributed by atoms with van der Waals surface area (Å²) in [5, 5.41) is 0. The molecule has 5 nitrogen and oxygen atoms in total. The molecule has 7 aliphatic rings. The van der Waals surface area contributed by atoms with Gasteiger partial charge in [-0.05, 0) is 115 Å². The van der Waals surface area contributed by atoms with Gasteiger partial charge in [-0.3, -0.25) is 4.79 Å². The second-order valence-corrected chi connectivity index (χ2v) is 16.5. The van der Waals surface area contributed by atoms with Gasteiger partial charge in [0, 0.05) is 24.8 Å². The summed E-state index contributed by atoms with van der Waals surface area (Å²) >= 11 is 0. The van der Waals surface area contributed by atoms with E-state index in [4.69, 9.17) is 9.47 Å². The standard InChI is InChI=1S/C42H49NO4/c1-24-19-38-39(43(22-24)40(45)46-23-36-31-11-7-5-9-29(31)30-10-6-8-12-32(30)36)26(3)42(47-38)18-16-33-34-14-13-27-20-28(44)15-17-41(27,4)37(34)21-35(33)25(42)2/h5-12,20,24,26,33-34,36-39H,13-19,21-23H2,1-4H3/t24-,26+,33-,34-,37-,38+,39-,41-,42-/m0/s1. The zero-order chi connectivity index (χ0) is 32.2. The Morgan fingerprint density at radius 3 is 2.47 bits per heavy atom. The summed E-state index contributed by atoms with van der Waals surface area (Å²) in [7, 11) is 0. The third kappa shape index (κ3) is 4.23. The lowest BCUT2D eigenvalue weighted by Crippen LogP contribution is -2.54. The van der Waals surface area contributed by atoms with Crippen molar-refractivity contribution in [3.63, 3.8) is 0 Å². The van der Waals surface area contributed by atoms with E-state index >= 15 is 0 Å². The first-order valence-corrected chi connectivity index (χ1v) is 18.4. The lowest BCUT2D eigenvalue weighted by Gasteiger charge is -2.48. The SMILES string of the molecule is CC1=C2C[C@H]3[C@@H](CCC4=CC(=O)CC[C@@]43C)[C@@H]2CC[C@]12O[C@@H]1C[C@H](C)CN(C(=O)OCC3c4ccccc4-c4ccccc43)[C@H]1[C@H]2C. The molecule has 1 spiro atoms. The number of carbonyl (C=O) groups excluding carboxylic acids is 2. The Morgan fingerprint density at radius 1 is 1.00 bits per heavy atom. The van der Waals surface area contributed by atoms with Crippen molar-refractivity contribution in [2.24, 2.45) is 35.0 Å². The maximum absolute atomic E-state index is 14.1. The van der Waals surface area contributed by atoms with Crippen molar-refractivity contribution in [2.75, 3.05) is 13.2 Å². The van der Waals surface area contributed by atoms with Crippen LogP contribution in [0, 0.1) is 35.0 Å². The number of piperidine rings is 1. The third-order valence-electron chi connectivity index (χ3n) is 14.5. The Kier molecular flexibility index (Phi) is 6.79. The van der Waals surface area contributed by atoms with Gasteiger partial charge in [0.2, 0.25) is 0 Å². The van der Waals surface area contributed by atoms with Crippen LogP contribution >= 0.6 is 0 Å². The number of rotatable bonds is 2. The number of nitrogens with zero attached hydrogens (tertiary/aromatic N) is 1. The van der Waals surface area contributed by atoms with Crippen molar-refractivity contribution in [3.8, 4) is 11.1 Å². The molecule has 0 aromatic heterocycles. The first kappa shape index (κ1) is 29.9. The highest BCUT2D eigenvalue weighted by molar-refractivity contribution is 5.91. The van der Waals surface area contributed by atoms with Gasteiger partial charge in [-0.2, -0.15) is 0 Å². The minimum absolute atomic E-state index is 0.0223. The average molecular weight is 632 g/mol. The summed E-state index contributed by atoms with van der Waals surface area (Å²) in [5.41, 5.74) is 9.36. The van der Waals surface area contributed by atoms with Crippen LogP contribution in [0.5, 0.6) is 0 Å². The molecule has 9 rings (SSSR count). The fourth-order valence-electron chi connectivity index (χ4n) is 12.1. The Bertz CT molecular complexity index is 1680. The summed E-state index contributed by atoms with van der Waals surface area (Å²) in [6.45, 7) is 10.5. The molecule has 2 saturated heterocycles. The monoisotopic (exact) mass is 631 g/mol. The maximum atomic E-state index is 14.1. The molecule has 5 heteroatoms. The van der Waals surface area contributed by atoms with Crippen LogP contribution < -0.4 is 0 Å². The number of benzene rings is 2. The van der Waals surface area contributed by atoms with Gasteiger partial charge in [0.1, 0.15) is 6.61 Å². The predicted octanol–water partition coefficient (Wildman–Crippen LogP) is 8.87. The maximum Gasteiger partial charge on any atom is 0.410 e. The fourth-order valence-corrected chi connectivity index (χ4v) is 12.1. The molecule has 2 aromatic carbocycles. The Labute approximate surface area is 279 Å². The average Bonchev–Trinajstić information content (AvgIpc) is 3.70. The molecule has 2 aromatic rings. The Hall–Kier alpha value is -3.18. The van der Waals surface area contributed by atoms with Gasteiger partial charge < -0.3 is 14.4 Å². The number of ketones is 1. The molecule has 47 heavy (non-hydrogen) atoms. The van der Waals surface area contributed by atoms with E-state index in [0.29, 0.717) is 42.5 Å². The molecule has 1 amide bonds. The van der Waals surface area contributed by atoms with Crippen LogP contribution in [0.2, 0.25) is 0 Å². The highest BCUT2D eigenvalue weighted by Crippen LogP contribution is 2.65. The first-order chi connectivity index (χ1) is 22.7. The molecule has 9 atom stereocenters. The van der Waals surface area contributed by atoms with Gasteiger partial charge in [-0.1, -0.05) is 80.4 Å². The first-order valence-electron chi connectivity index (χ1n) is 18.4. The minimum atomic E-state index is -0.317. The summed E-state index contributed by atoms with van der Waals surface area (Å²) in [5.74, 6) is 2.91. The molecule has 2 saturated carbocycles. The Balaban J connectivity index is 0.978. The lowest BCUT2D eigenvalue weighted by atomic mass is 9.56. The number of likely N-dealkylation sites (tertiary alicyclic amines) is 1. The van der Waals surface area contributed by atoms with Crippen LogP contribution in [0.4, 0.5) is 4.79 Å². The van der Waals surface area contributed by atoms with Crippen molar-refractivity contribution in [2.45, 2.75) is 103 Å². The van der Waals surface area contributed by atoms with Crippen LogP contribution in [-0.2, 0) is 14.3 Å². The van der Waals surface area contributed by atoms with Crippen LogP contribution in [0.3, 0.4) is 0 Å². The fraction of sp³-hybridized carbons (Fsp3) is 0.571. The van der Waals surface area contributed by atoms with Gasteiger partial charge in [0.25, 0.3) is 0 Å². The largest absolute Gasteiger partial charge is 0.448 e. The van der Waals surface area contributed by atoms with Crippen LogP contribution in [0.25, 0.3) is 11.1 Å². The van der Waals surface area contributed by atoms with Gasteiger partial charge >= 0.3 is 6.09 Å². The molecular formula is C42H49NO4. The number of hydrogen-bond donors (Lipinski definition) is 0. The molecule has 0 N–H and O–H groups in total. The highest BCUT2D eigenvalue weighted by atomic mass is 16.6. The number of carbonyl (C=O) groups is 2. The minimum Gasteiger partial charge on any atom is -0.448 e. The number of hydrogen-bond acceptors (Lipinski definition) is 4. The topological polar surface area (TPSA) is 55.8 Å². The second-order valence-electron chi connectivity index (χ2n) is 16.5. The normalized spacial score (nSPS) is 38.7. The molecule has 0 bridgehead atoms.